The van der Waals surface area contributed by atoms with Gasteiger partial charge in [0.05, 0.1) is 6.20 Å². The highest BCUT2D eigenvalue weighted by Crippen LogP contribution is 2.17. The molecule has 0 saturated carbocycles. The molecule has 0 unspecified atom stereocenters. The SMILES string of the molecule is Cl.Nc1c(N=O)cnn1O. The highest BCUT2D eigenvalue weighted by molar-refractivity contribution is 5.85. The Morgan fingerprint density at radius 3 is 2.60 bits per heavy atom. The van der Waals surface area contributed by atoms with Crippen LogP contribution in [-0.2, 0) is 0 Å². The predicted octanol–water partition coefficient (Wildman–Crippen LogP) is 0.522. The van der Waals surface area contributed by atoms with Crippen LogP contribution in [0.5, 0.6) is 0 Å². The molecule has 0 amide bonds. The standard InChI is InChI=1S/C3H4N4O2.ClH/c4-3-2(6-8)1-5-7(3)9;/h1,9H,4H2;1H. The first-order chi connectivity index (χ1) is 4.25. The van der Waals surface area contributed by atoms with E-state index in [0.717, 1.165) is 6.20 Å². The zero-order valence-corrected chi connectivity index (χ0v) is 5.58. The molecule has 0 atom stereocenters. The average Bonchev–Trinajstić information content (AvgIpc) is 2.15. The van der Waals surface area contributed by atoms with Gasteiger partial charge in [0.25, 0.3) is 0 Å². The van der Waals surface area contributed by atoms with Crippen LogP contribution >= 0.6 is 12.4 Å². The van der Waals surface area contributed by atoms with Crippen LogP contribution in [0.4, 0.5) is 11.5 Å². The third-order valence-electron chi connectivity index (χ3n) is 0.866. The molecule has 1 aromatic heterocycles. The summed E-state index contributed by atoms with van der Waals surface area (Å²) < 4.78 is 0. The van der Waals surface area contributed by atoms with Crippen molar-refractivity contribution < 1.29 is 5.21 Å². The van der Waals surface area contributed by atoms with Crippen molar-refractivity contribution in [3.05, 3.63) is 11.1 Å². The van der Waals surface area contributed by atoms with Gasteiger partial charge < -0.3 is 10.9 Å². The molecule has 3 N–H and O–H groups in total. The zero-order chi connectivity index (χ0) is 6.85. The first-order valence-corrected chi connectivity index (χ1v) is 2.12. The van der Waals surface area contributed by atoms with Gasteiger partial charge in [-0.15, -0.1) is 22.4 Å². The number of nitrogen functional groups attached to an aromatic ring is 1. The van der Waals surface area contributed by atoms with Crippen molar-refractivity contribution in [3.63, 3.8) is 0 Å². The topological polar surface area (TPSA) is 93.5 Å². The van der Waals surface area contributed by atoms with Gasteiger partial charge in [-0.25, -0.2) is 0 Å². The van der Waals surface area contributed by atoms with Gasteiger partial charge >= 0.3 is 0 Å². The number of nitroso groups, excluding NO2 is 1. The number of nitrogens with two attached hydrogens (primary N) is 1. The fourth-order valence-corrected chi connectivity index (χ4v) is 0.411. The van der Waals surface area contributed by atoms with Crippen LogP contribution in [0.3, 0.4) is 0 Å². The Hall–Kier alpha value is -1.30. The largest absolute Gasteiger partial charge is 0.410 e. The molecular weight excluding hydrogens is 160 g/mol. The molecule has 0 aliphatic carbocycles. The lowest BCUT2D eigenvalue weighted by atomic mass is 10.5. The van der Waals surface area contributed by atoms with Crippen LogP contribution < -0.4 is 5.73 Å². The van der Waals surface area contributed by atoms with Gasteiger partial charge in [0, 0.05) is 0 Å². The number of hydrogen-bond acceptors (Lipinski definition) is 5. The molecule has 0 fully saturated rings. The summed E-state index contributed by atoms with van der Waals surface area (Å²) in [6.45, 7) is 0. The molecule has 10 heavy (non-hydrogen) atoms. The molecule has 0 bridgehead atoms. The third-order valence-corrected chi connectivity index (χ3v) is 0.866. The fourth-order valence-electron chi connectivity index (χ4n) is 0.411. The van der Waals surface area contributed by atoms with E-state index >= 15 is 0 Å². The van der Waals surface area contributed by atoms with Crippen LogP contribution in [0, 0.1) is 4.91 Å². The van der Waals surface area contributed by atoms with E-state index in [1.165, 1.54) is 0 Å². The Morgan fingerprint density at radius 1 is 1.80 bits per heavy atom. The summed E-state index contributed by atoms with van der Waals surface area (Å²) in [6.07, 6.45) is 1.07. The summed E-state index contributed by atoms with van der Waals surface area (Å²) in [4.78, 5) is 10.1. The lowest BCUT2D eigenvalue weighted by molar-refractivity contribution is 0.155. The molecule has 1 rings (SSSR count). The highest BCUT2D eigenvalue weighted by Gasteiger charge is 2.04. The van der Waals surface area contributed by atoms with Crippen molar-refractivity contribution in [2.45, 2.75) is 0 Å². The molecule has 6 nitrogen and oxygen atoms in total. The Balaban J connectivity index is 0.000000810. The molecule has 56 valence electrons. The molecule has 0 aliphatic rings. The van der Waals surface area contributed by atoms with E-state index in [4.69, 9.17) is 10.9 Å². The van der Waals surface area contributed by atoms with Crippen molar-refractivity contribution in [2.24, 2.45) is 5.18 Å². The van der Waals surface area contributed by atoms with Crippen molar-refractivity contribution in [3.8, 4) is 0 Å². The molecule has 0 aliphatic heterocycles. The predicted molar refractivity (Wildman–Crippen MR) is 36.5 cm³/mol. The van der Waals surface area contributed by atoms with E-state index in [1.54, 1.807) is 0 Å². The van der Waals surface area contributed by atoms with Gasteiger partial charge in [-0.1, -0.05) is 4.85 Å². The molecule has 0 spiro atoms. The van der Waals surface area contributed by atoms with Crippen molar-refractivity contribution in [2.75, 3.05) is 5.73 Å². The summed E-state index contributed by atoms with van der Waals surface area (Å²) in [5.41, 5.74) is 5.01. The quantitative estimate of drug-likeness (QED) is 0.468. The lowest BCUT2D eigenvalue weighted by Crippen LogP contribution is -1.98. The summed E-state index contributed by atoms with van der Waals surface area (Å²) in [7, 11) is 0. The van der Waals surface area contributed by atoms with Crippen LogP contribution in [0.15, 0.2) is 11.4 Å². The van der Waals surface area contributed by atoms with Crippen LogP contribution in [-0.4, -0.2) is 15.2 Å². The second kappa shape index (κ2) is 3.02. The van der Waals surface area contributed by atoms with Gasteiger partial charge in [-0.2, -0.15) is 0 Å². The van der Waals surface area contributed by atoms with E-state index in [0.29, 0.717) is 4.85 Å². The number of halogens is 1. The minimum Gasteiger partial charge on any atom is -0.410 e. The van der Waals surface area contributed by atoms with Crippen LogP contribution in [0.1, 0.15) is 0 Å². The van der Waals surface area contributed by atoms with E-state index in [-0.39, 0.29) is 23.9 Å². The van der Waals surface area contributed by atoms with Crippen molar-refractivity contribution >= 4 is 23.9 Å². The third kappa shape index (κ3) is 1.16. The second-order valence-electron chi connectivity index (χ2n) is 1.40. The van der Waals surface area contributed by atoms with Gasteiger partial charge in [0.2, 0.25) is 0 Å². The van der Waals surface area contributed by atoms with Crippen LogP contribution in [0.25, 0.3) is 0 Å². The Bertz CT molecular complexity index is 234. The number of hydrogen-bond donors (Lipinski definition) is 2. The van der Waals surface area contributed by atoms with E-state index < -0.39 is 0 Å². The first-order valence-electron chi connectivity index (χ1n) is 2.12. The van der Waals surface area contributed by atoms with Crippen molar-refractivity contribution in [1.29, 1.82) is 0 Å². The normalized spacial score (nSPS) is 8.40. The van der Waals surface area contributed by atoms with Crippen LogP contribution in [0.2, 0.25) is 0 Å². The molecule has 1 heterocycles. The van der Waals surface area contributed by atoms with E-state index in [9.17, 15) is 4.91 Å². The van der Waals surface area contributed by atoms with Gasteiger partial charge in [0.1, 0.15) is 0 Å². The summed E-state index contributed by atoms with van der Waals surface area (Å²) in [6, 6.07) is 0. The van der Waals surface area contributed by atoms with E-state index in [1.807, 2.05) is 0 Å². The maximum absolute atomic E-state index is 9.75. The lowest BCUT2D eigenvalue weighted by Gasteiger charge is -1.87. The monoisotopic (exact) mass is 164 g/mol. The second-order valence-corrected chi connectivity index (χ2v) is 1.40. The van der Waals surface area contributed by atoms with Gasteiger partial charge in [-0.3, -0.25) is 0 Å². The molecule has 0 saturated heterocycles. The summed E-state index contributed by atoms with van der Waals surface area (Å²) >= 11 is 0. The average molecular weight is 165 g/mol. The van der Waals surface area contributed by atoms with Gasteiger partial charge in [-0.05, 0) is 5.18 Å². The summed E-state index contributed by atoms with van der Waals surface area (Å²) in [5, 5.41) is 14.3. The minimum atomic E-state index is -0.148. The molecule has 1 aromatic rings. The summed E-state index contributed by atoms with van der Waals surface area (Å²) in [5.74, 6) is -0.148. The molecular formula is C3H5ClN4O2. The van der Waals surface area contributed by atoms with E-state index in [2.05, 4.69) is 10.3 Å². The molecule has 0 radical (unpaired) electrons. The maximum atomic E-state index is 9.75. The number of rotatable bonds is 1. The number of nitrogens with zero attached hydrogens (tertiary/aromatic N) is 3. The van der Waals surface area contributed by atoms with Crippen molar-refractivity contribution in [1.82, 2.24) is 9.94 Å². The Labute approximate surface area is 62.0 Å². The Morgan fingerprint density at radius 2 is 2.40 bits per heavy atom. The smallest absolute Gasteiger partial charge is 0.192 e. The minimum absolute atomic E-state index is 0. The zero-order valence-electron chi connectivity index (χ0n) is 4.76. The van der Waals surface area contributed by atoms with Gasteiger partial charge in [0.15, 0.2) is 11.5 Å². The number of aromatic nitrogens is 2. The maximum Gasteiger partial charge on any atom is 0.192 e. The first kappa shape index (κ1) is 8.70. The molecule has 7 heteroatoms. The highest BCUT2D eigenvalue weighted by atomic mass is 35.5. The number of anilines is 1. The fraction of sp³-hybridized carbons (Fsp3) is 0. The Kier molecular flexibility index (Phi) is 2.63. The molecule has 0 aromatic carbocycles.